The van der Waals surface area contributed by atoms with E-state index in [1.54, 1.807) is 47.9 Å². The maximum absolute atomic E-state index is 13.5. The van der Waals surface area contributed by atoms with Gasteiger partial charge < -0.3 is 9.47 Å². The van der Waals surface area contributed by atoms with Gasteiger partial charge in [-0.05, 0) is 66.6 Å². The Morgan fingerprint density at radius 3 is 2.38 bits per heavy atom. The van der Waals surface area contributed by atoms with Crippen molar-refractivity contribution in [2.24, 2.45) is 0 Å². The van der Waals surface area contributed by atoms with Gasteiger partial charge in [0.2, 0.25) is 6.54 Å². The van der Waals surface area contributed by atoms with Gasteiger partial charge in [0, 0.05) is 22.7 Å². The van der Waals surface area contributed by atoms with Gasteiger partial charge in [-0.25, -0.2) is 4.39 Å². The van der Waals surface area contributed by atoms with Crippen molar-refractivity contribution in [1.82, 2.24) is 14.8 Å². The minimum atomic E-state index is -0.738. The Hall–Kier alpha value is -4.23. The predicted octanol–water partition coefficient (Wildman–Crippen LogP) is 5.97. The van der Waals surface area contributed by atoms with Crippen molar-refractivity contribution < 1.29 is 23.7 Å². The minimum Gasteiger partial charge on any atom is -0.493 e. The van der Waals surface area contributed by atoms with Crippen molar-refractivity contribution in [3.63, 3.8) is 0 Å². The first-order valence-corrected chi connectivity index (χ1v) is 12.6. The summed E-state index contributed by atoms with van der Waals surface area (Å²) >= 11 is 7.64. The molecule has 14 heteroatoms. The van der Waals surface area contributed by atoms with Gasteiger partial charge in [0.05, 0.1) is 17.1 Å². The van der Waals surface area contributed by atoms with Crippen LogP contribution >= 0.6 is 23.4 Å². The molecule has 1 atom stereocenters. The molecular formula is C25H21ClFN5O6S. The van der Waals surface area contributed by atoms with E-state index in [9.17, 15) is 24.6 Å². The standard InChI is InChI=1S/C25H21ClFN5O6S/c1-15-28-29-25(31(15)19-9-5-18(27)6-10-19)39-23(13-30(33)34)17-11-21(26)24(22(12-17)37-2)38-14-16-3-7-20(8-4-16)32(35)36/h3-12,23H,13-14H2,1-2H3/t23-/m0/s1. The van der Waals surface area contributed by atoms with Gasteiger partial charge in [0.1, 0.15) is 23.5 Å². The first-order valence-electron chi connectivity index (χ1n) is 11.4. The molecule has 0 aliphatic carbocycles. The number of nitrogens with zero attached hydrogens (tertiary/aromatic N) is 5. The van der Waals surface area contributed by atoms with E-state index in [4.69, 9.17) is 21.1 Å². The average molecular weight is 574 g/mol. The lowest BCUT2D eigenvalue weighted by molar-refractivity contribution is -0.479. The molecule has 202 valence electrons. The van der Waals surface area contributed by atoms with E-state index in [-0.39, 0.29) is 28.8 Å². The lowest BCUT2D eigenvalue weighted by Crippen LogP contribution is -2.12. The van der Waals surface area contributed by atoms with Crippen molar-refractivity contribution in [2.45, 2.75) is 23.9 Å². The fourth-order valence-corrected chi connectivity index (χ4v) is 5.14. The van der Waals surface area contributed by atoms with Crippen molar-refractivity contribution >= 4 is 29.1 Å². The van der Waals surface area contributed by atoms with Crippen LogP contribution in [0.5, 0.6) is 11.5 Å². The van der Waals surface area contributed by atoms with Gasteiger partial charge in [-0.3, -0.25) is 24.8 Å². The minimum absolute atomic E-state index is 0.0431. The Balaban J connectivity index is 1.62. The summed E-state index contributed by atoms with van der Waals surface area (Å²) in [5.41, 5.74) is 1.72. The van der Waals surface area contributed by atoms with Crippen LogP contribution in [0.1, 0.15) is 22.2 Å². The van der Waals surface area contributed by atoms with Crippen molar-refractivity contribution in [2.75, 3.05) is 13.7 Å². The van der Waals surface area contributed by atoms with Crippen LogP contribution in [-0.4, -0.2) is 38.3 Å². The third kappa shape index (κ3) is 6.62. The summed E-state index contributed by atoms with van der Waals surface area (Å²) in [5, 5.41) is 30.5. The van der Waals surface area contributed by atoms with Crippen molar-refractivity contribution in [1.29, 1.82) is 0 Å². The Labute approximate surface area is 230 Å². The molecule has 4 aromatic rings. The number of non-ortho nitro benzene ring substituents is 1. The third-order valence-electron chi connectivity index (χ3n) is 5.60. The quantitative estimate of drug-likeness (QED) is 0.121. The second-order valence-corrected chi connectivity index (χ2v) is 9.79. The lowest BCUT2D eigenvalue weighted by atomic mass is 10.1. The van der Waals surface area contributed by atoms with Crippen LogP contribution in [-0.2, 0) is 6.61 Å². The SMILES string of the molecule is COc1cc([C@H](C[N+](=O)[O-])Sc2nnc(C)n2-c2ccc(F)cc2)cc(Cl)c1OCc1ccc([N+](=O)[O-])cc1. The van der Waals surface area contributed by atoms with Crippen LogP contribution in [0.25, 0.3) is 5.69 Å². The predicted molar refractivity (Wildman–Crippen MR) is 142 cm³/mol. The molecule has 0 spiro atoms. The summed E-state index contributed by atoms with van der Waals surface area (Å²) < 4.78 is 26.5. The summed E-state index contributed by atoms with van der Waals surface area (Å²) in [6.07, 6.45) is 0. The Kier molecular flexibility index (Phi) is 8.62. The van der Waals surface area contributed by atoms with Gasteiger partial charge in [-0.1, -0.05) is 23.4 Å². The highest BCUT2D eigenvalue weighted by Gasteiger charge is 2.26. The Morgan fingerprint density at radius 2 is 1.77 bits per heavy atom. The highest BCUT2D eigenvalue weighted by molar-refractivity contribution is 7.99. The third-order valence-corrected chi connectivity index (χ3v) is 7.06. The highest BCUT2D eigenvalue weighted by atomic mass is 35.5. The summed E-state index contributed by atoms with van der Waals surface area (Å²) in [4.78, 5) is 21.5. The topological polar surface area (TPSA) is 135 Å². The van der Waals surface area contributed by atoms with Crippen LogP contribution in [0.4, 0.5) is 10.1 Å². The van der Waals surface area contributed by atoms with E-state index in [1.807, 2.05) is 0 Å². The molecule has 4 rings (SSSR count). The monoisotopic (exact) mass is 573 g/mol. The molecule has 39 heavy (non-hydrogen) atoms. The number of methoxy groups -OCH3 is 1. The smallest absolute Gasteiger partial charge is 0.269 e. The summed E-state index contributed by atoms with van der Waals surface area (Å²) in [5.74, 6) is 0.595. The van der Waals surface area contributed by atoms with Crippen molar-refractivity contribution in [3.8, 4) is 17.2 Å². The second-order valence-electron chi connectivity index (χ2n) is 8.21. The van der Waals surface area contributed by atoms with Crippen LogP contribution in [0.3, 0.4) is 0 Å². The van der Waals surface area contributed by atoms with E-state index in [1.165, 1.54) is 31.4 Å². The summed E-state index contributed by atoms with van der Waals surface area (Å²) in [6.45, 7) is 1.32. The van der Waals surface area contributed by atoms with Crippen molar-refractivity contribution in [3.05, 3.63) is 109 Å². The molecule has 0 N–H and O–H groups in total. The molecule has 0 amide bonds. The molecule has 1 heterocycles. The number of nitro benzene ring substituents is 1. The first kappa shape index (κ1) is 27.8. The van der Waals surface area contributed by atoms with Gasteiger partial charge in [-0.2, -0.15) is 0 Å². The maximum Gasteiger partial charge on any atom is 0.269 e. The van der Waals surface area contributed by atoms with E-state index < -0.39 is 27.5 Å². The normalized spacial score (nSPS) is 11.7. The zero-order valence-electron chi connectivity index (χ0n) is 20.6. The number of hydrogen-bond donors (Lipinski definition) is 0. The Bertz CT molecular complexity index is 1500. The molecule has 0 saturated heterocycles. The number of nitro groups is 2. The summed E-state index contributed by atoms with van der Waals surface area (Å²) in [6, 6.07) is 14.8. The van der Waals surface area contributed by atoms with Gasteiger partial charge in [-0.15, -0.1) is 10.2 Å². The average Bonchev–Trinajstić information content (AvgIpc) is 3.27. The molecule has 1 aromatic heterocycles. The fourth-order valence-electron chi connectivity index (χ4n) is 3.72. The van der Waals surface area contributed by atoms with Gasteiger partial charge in [0.15, 0.2) is 16.7 Å². The molecule has 0 aliphatic rings. The first-order chi connectivity index (χ1) is 18.7. The maximum atomic E-state index is 13.5. The molecule has 0 radical (unpaired) electrons. The van der Waals surface area contributed by atoms with Gasteiger partial charge >= 0.3 is 0 Å². The highest BCUT2D eigenvalue weighted by Crippen LogP contribution is 2.43. The van der Waals surface area contributed by atoms with E-state index in [2.05, 4.69) is 10.2 Å². The van der Waals surface area contributed by atoms with E-state index in [0.717, 1.165) is 11.8 Å². The molecule has 3 aromatic carbocycles. The molecule has 0 bridgehead atoms. The number of ether oxygens (including phenoxy) is 2. The molecular weight excluding hydrogens is 553 g/mol. The number of hydrogen-bond acceptors (Lipinski definition) is 9. The van der Waals surface area contributed by atoms with Crippen LogP contribution < -0.4 is 9.47 Å². The number of thioether (sulfide) groups is 1. The molecule has 0 aliphatic heterocycles. The number of aryl methyl sites for hydroxylation is 1. The molecule has 11 nitrogen and oxygen atoms in total. The van der Waals surface area contributed by atoms with E-state index in [0.29, 0.717) is 27.8 Å². The second kappa shape index (κ2) is 12.1. The van der Waals surface area contributed by atoms with Gasteiger partial charge in [0.25, 0.3) is 5.69 Å². The van der Waals surface area contributed by atoms with E-state index >= 15 is 0 Å². The molecule has 0 fully saturated rings. The van der Waals surface area contributed by atoms with Crippen LogP contribution in [0, 0.1) is 33.0 Å². The fraction of sp³-hybridized carbons (Fsp3) is 0.200. The zero-order chi connectivity index (χ0) is 28.1. The largest absolute Gasteiger partial charge is 0.493 e. The number of rotatable bonds is 11. The number of benzene rings is 3. The Morgan fingerprint density at radius 1 is 1.08 bits per heavy atom. The zero-order valence-corrected chi connectivity index (χ0v) is 22.2. The number of halogens is 2. The molecule has 0 unspecified atom stereocenters. The lowest BCUT2D eigenvalue weighted by Gasteiger charge is -2.18. The van der Waals surface area contributed by atoms with Crippen LogP contribution in [0.15, 0.2) is 65.8 Å². The summed E-state index contributed by atoms with van der Waals surface area (Å²) in [7, 11) is 1.42. The number of aromatic nitrogens is 3. The molecule has 0 saturated carbocycles. The van der Waals surface area contributed by atoms with Crippen LogP contribution in [0.2, 0.25) is 5.02 Å².